The number of fused-ring (bicyclic) bond motifs is 3. The van der Waals surface area contributed by atoms with Crippen LogP contribution in [0.4, 0.5) is 10.2 Å². The second-order valence-electron chi connectivity index (χ2n) is 5.81. The van der Waals surface area contributed by atoms with E-state index in [9.17, 15) is 4.39 Å². The molecule has 0 N–H and O–H groups in total. The minimum absolute atomic E-state index is 0.264. The van der Waals surface area contributed by atoms with Crippen molar-refractivity contribution >= 4 is 22.5 Å². The van der Waals surface area contributed by atoms with Gasteiger partial charge >= 0.3 is 0 Å². The molecule has 6 nitrogen and oxygen atoms in total. The first-order valence-electron chi connectivity index (χ1n) is 7.37. The smallest absolute Gasteiger partial charge is 0.204 e. The average molecular weight is 300 g/mol. The van der Waals surface area contributed by atoms with Crippen LogP contribution < -0.4 is 4.90 Å². The van der Waals surface area contributed by atoms with E-state index in [0.717, 1.165) is 32.0 Å². The number of likely N-dealkylation sites (N-methyl/N-ethyl adjacent to an activating group) is 1. The minimum atomic E-state index is -0.264. The molecule has 1 saturated heterocycles. The molecule has 3 heterocycles. The van der Waals surface area contributed by atoms with Crippen LogP contribution in [0.15, 0.2) is 18.5 Å². The van der Waals surface area contributed by atoms with Crippen LogP contribution in [-0.2, 0) is 0 Å². The van der Waals surface area contributed by atoms with Gasteiger partial charge in [-0.1, -0.05) is 6.07 Å². The molecule has 1 aliphatic rings. The summed E-state index contributed by atoms with van der Waals surface area (Å²) in [6.45, 7) is 5.46. The summed E-state index contributed by atoms with van der Waals surface area (Å²) in [5.74, 6) is 0.515. The summed E-state index contributed by atoms with van der Waals surface area (Å²) in [6.07, 6.45) is 1.56. The molecule has 2 aromatic heterocycles. The summed E-state index contributed by atoms with van der Waals surface area (Å²) < 4.78 is 16.2. The maximum absolute atomic E-state index is 14.5. The van der Waals surface area contributed by atoms with Gasteiger partial charge in [-0.3, -0.25) is 4.40 Å². The normalized spacial score (nSPS) is 16.8. The Morgan fingerprint density at radius 3 is 2.68 bits per heavy atom. The van der Waals surface area contributed by atoms with Gasteiger partial charge in [0.1, 0.15) is 11.8 Å². The Morgan fingerprint density at radius 2 is 1.91 bits per heavy atom. The third-order valence-electron chi connectivity index (χ3n) is 4.31. The molecule has 0 atom stereocenters. The lowest BCUT2D eigenvalue weighted by Gasteiger charge is -2.33. The summed E-state index contributed by atoms with van der Waals surface area (Å²) in [6, 6.07) is 3.61. The molecule has 114 valence electrons. The van der Waals surface area contributed by atoms with Crippen LogP contribution in [0.25, 0.3) is 16.7 Å². The van der Waals surface area contributed by atoms with Crippen LogP contribution in [-0.4, -0.2) is 57.7 Å². The van der Waals surface area contributed by atoms with Crippen molar-refractivity contribution in [3.63, 3.8) is 0 Å². The number of rotatable bonds is 1. The molecule has 0 saturated carbocycles. The molecular weight excluding hydrogens is 283 g/mol. The fourth-order valence-corrected chi connectivity index (χ4v) is 2.92. The van der Waals surface area contributed by atoms with E-state index in [4.69, 9.17) is 0 Å². The third-order valence-corrected chi connectivity index (χ3v) is 4.31. The predicted molar refractivity (Wildman–Crippen MR) is 82.7 cm³/mol. The van der Waals surface area contributed by atoms with Gasteiger partial charge in [-0.2, -0.15) is 0 Å². The molecule has 0 unspecified atom stereocenters. The summed E-state index contributed by atoms with van der Waals surface area (Å²) >= 11 is 0. The van der Waals surface area contributed by atoms with Crippen molar-refractivity contribution < 1.29 is 4.39 Å². The highest BCUT2D eigenvalue weighted by molar-refractivity contribution is 5.84. The van der Waals surface area contributed by atoms with E-state index in [1.165, 1.54) is 0 Å². The zero-order valence-electron chi connectivity index (χ0n) is 12.6. The largest absolute Gasteiger partial charge is 0.351 e. The maximum Gasteiger partial charge on any atom is 0.204 e. The summed E-state index contributed by atoms with van der Waals surface area (Å²) in [4.78, 5) is 9.15. The van der Waals surface area contributed by atoms with E-state index < -0.39 is 0 Å². The van der Waals surface area contributed by atoms with Crippen molar-refractivity contribution in [1.29, 1.82) is 0 Å². The van der Waals surface area contributed by atoms with Gasteiger partial charge in [-0.05, 0) is 25.6 Å². The number of piperazine rings is 1. The van der Waals surface area contributed by atoms with E-state index in [2.05, 4.69) is 32.0 Å². The Kier molecular flexibility index (Phi) is 2.97. The SMILES string of the molecule is Cc1ccc2nc(N3CCN(C)CC3)c3nncn3c2c1F. The van der Waals surface area contributed by atoms with Crippen LogP contribution in [0.5, 0.6) is 0 Å². The predicted octanol–water partition coefficient (Wildman–Crippen LogP) is 1.48. The quantitative estimate of drug-likeness (QED) is 0.681. The van der Waals surface area contributed by atoms with Crippen LogP contribution in [0.3, 0.4) is 0 Å². The molecule has 0 spiro atoms. The van der Waals surface area contributed by atoms with E-state index in [-0.39, 0.29) is 5.82 Å². The number of benzene rings is 1. The number of aromatic nitrogens is 4. The molecule has 1 fully saturated rings. The minimum Gasteiger partial charge on any atom is -0.351 e. The van der Waals surface area contributed by atoms with Crippen LogP contribution in [0.2, 0.25) is 0 Å². The van der Waals surface area contributed by atoms with Crippen molar-refractivity contribution in [2.24, 2.45) is 0 Å². The van der Waals surface area contributed by atoms with Gasteiger partial charge < -0.3 is 9.80 Å². The second kappa shape index (κ2) is 4.88. The van der Waals surface area contributed by atoms with Crippen molar-refractivity contribution in [3.05, 3.63) is 29.8 Å². The van der Waals surface area contributed by atoms with Gasteiger partial charge in [0.25, 0.3) is 0 Å². The highest BCUT2D eigenvalue weighted by Gasteiger charge is 2.21. The average Bonchev–Trinajstić information content (AvgIpc) is 3.00. The lowest BCUT2D eigenvalue weighted by molar-refractivity contribution is 0.312. The monoisotopic (exact) mass is 300 g/mol. The van der Waals surface area contributed by atoms with Gasteiger partial charge in [-0.15, -0.1) is 10.2 Å². The number of hydrogen-bond acceptors (Lipinski definition) is 5. The molecule has 7 heteroatoms. The first kappa shape index (κ1) is 13.4. The van der Waals surface area contributed by atoms with E-state index >= 15 is 0 Å². The van der Waals surface area contributed by atoms with Gasteiger partial charge in [0.2, 0.25) is 5.65 Å². The van der Waals surface area contributed by atoms with Gasteiger partial charge in [0.15, 0.2) is 11.6 Å². The molecule has 0 amide bonds. The van der Waals surface area contributed by atoms with Gasteiger partial charge in [0, 0.05) is 26.2 Å². The van der Waals surface area contributed by atoms with E-state index in [1.54, 1.807) is 23.7 Å². The number of aryl methyl sites for hydroxylation is 1. The lowest BCUT2D eigenvalue weighted by atomic mass is 10.2. The van der Waals surface area contributed by atoms with Gasteiger partial charge in [-0.25, -0.2) is 9.37 Å². The van der Waals surface area contributed by atoms with Crippen molar-refractivity contribution in [1.82, 2.24) is 24.5 Å². The fraction of sp³-hybridized carbons (Fsp3) is 0.400. The molecule has 1 aromatic carbocycles. The molecular formula is C15H17FN6. The molecule has 1 aliphatic heterocycles. The van der Waals surface area contributed by atoms with E-state index in [1.807, 2.05) is 6.07 Å². The molecule has 0 radical (unpaired) electrons. The Bertz CT molecular complexity index is 850. The first-order chi connectivity index (χ1) is 10.6. The van der Waals surface area contributed by atoms with Gasteiger partial charge in [0.05, 0.1) is 5.52 Å². The van der Waals surface area contributed by atoms with Crippen molar-refractivity contribution in [3.8, 4) is 0 Å². The van der Waals surface area contributed by atoms with Crippen molar-refractivity contribution in [2.45, 2.75) is 6.92 Å². The number of nitrogens with zero attached hydrogens (tertiary/aromatic N) is 6. The maximum atomic E-state index is 14.5. The van der Waals surface area contributed by atoms with Crippen molar-refractivity contribution in [2.75, 3.05) is 38.1 Å². The van der Waals surface area contributed by atoms with E-state index in [0.29, 0.717) is 22.2 Å². The highest BCUT2D eigenvalue weighted by Crippen LogP contribution is 2.26. The first-order valence-corrected chi connectivity index (χ1v) is 7.37. The molecule has 0 bridgehead atoms. The molecule has 3 aromatic rings. The molecule has 0 aliphatic carbocycles. The summed E-state index contributed by atoms with van der Waals surface area (Å²) in [7, 11) is 2.11. The molecule has 22 heavy (non-hydrogen) atoms. The third kappa shape index (κ3) is 1.93. The highest BCUT2D eigenvalue weighted by atomic mass is 19.1. The topological polar surface area (TPSA) is 49.6 Å². The molecule has 4 rings (SSSR count). The Balaban J connectivity index is 1.95. The summed E-state index contributed by atoms with van der Waals surface area (Å²) in [5, 5.41) is 8.12. The fourth-order valence-electron chi connectivity index (χ4n) is 2.92. The number of anilines is 1. The number of hydrogen-bond donors (Lipinski definition) is 0. The standard InChI is InChI=1S/C15H17FN6/c1-10-3-4-11-13(12(10)16)22-9-17-19-15(22)14(18-11)21-7-5-20(2)6-8-21/h3-4,9H,5-8H2,1-2H3. The zero-order valence-corrected chi connectivity index (χ0v) is 12.6. The Hall–Kier alpha value is -2.28. The summed E-state index contributed by atoms with van der Waals surface area (Å²) in [5.41, 5.74) is 2.28. The lowest BCUT2D eigenvalue weighted by Crippen LogP contribution is -2.45. The number of halogens is 1. The van der Waals surface area contributed by atoms with Crippen LogP contribution in [0.1, 0.15) is 5.56 Å². The Labute approximate surface area is 127 Å². The van der Waals surface area contributed by atoms with Crippen LogP contribution in [0, 0.1) is 12.7 Å². The second-order valence-corrected chi connectivity index (χ2v) is 5.81. The Morgan fingerprint density at radius 1 is 1.14 bits per heavy atom. The van der Waals surface area contributed by atoms with Crippen LogP contribution >= 0.6 is 0 Å². The zero-order chi connectivity index (χ0) is 15.3.